The van der Waals surface area contributed by atoms with Crippen molar-refractivity contribution in [3.63, 3.8) is 0 Å². The van der Waals surface area contributed by atoms with Crippen LogP contribution in [-0.2, 0) is 43.2 Å². The molecule has 0 aromatic heterocycles. The van der Waals surface area contributed by atoms with Crippen LogP contribution in [-0.4, -0.2) is 99.7 Å². The van der Waals surface area contributed by atoms with Gasteiger partial charge < -0.3 is 46.0 Å². The fourth-order valence-corrected chi connectivity index (χ4v) is 5.72. The van der Waals surface area contributed by atoms with Crippen LogP contribution in [0, 0.1) is 53.3 Å². The van der Waals surface area contributed by atoms with Crippen molar-refractivity contribution in [2.75, 3.05) is 0 Å². The highest BCUT2D eigenvalue weighted by molar-refractivity contribution is 5.79. The van der Waals surface area contributed by atoms with E-state index in [-0.39, 0.29) is 12.8 Å². The van der Waals surface area contributed by atoms with Crippen molar-refractivity contribution in [3.8, 4) is 0 Å². The summed E-state index contributed by atoms with van der Waals surface area (Å²) in [5, 5.41) is 86.6. The summed E-state index contributed by atoms with van der Waals surface area (Å²) in [5.41, 5.74) is 0. The van der Waals surface area contributed by atoms with Crippen LogP contribution in [0.3, 0.4) is 0 Å². The molecule has 0 aliphatic heterocycles. The molecule has 0 saturated carbocycles. The predicted molar refractivity (Wildman–Crippen MR) is 158 cm³/mol. The fraction of sp³-hybridized carbons (Fsp3) is 0.700. The lowest BCUT2D eigenvalue weighted by molar-refractivity contribution is -0.152. The molecule has 0 bridgehead atoms. The third kappa shape index (κ3) is 14.8. The first kappa shape index (κ1) is 43.2. The lowest BCUT2D eigenvalue weighted by atomic mass is 9.77. The molecule has 0 rings (SSSR count). The van der Waals surface area contributed by atoms with Gasteiger partial charge in [-0.25, -0.2) is 0 Å². The molecule has 8 unspecified atom stereocenters. The van der Waals surface area contributed by atoms with E-state index in [4.69, 9.17) is 0 Å². The summed E-state index contributed by atoms with van der Waals surface area (Å²) in [6.45, 7) is 2.96. The minimum Gasteiger partial charge on any atom is -0.481 e. The second-order valence-electron chi connectivity index (χ2n) is 12.0. The van der Waals surface area contributed by atoms with Gasteiger partial charge in [-0.1, -0.05) is 13.8 Å². The van der Waals surface area contributed by atoms with Crippen molar-refractivity contribution in [2.45, 2.75) is 78.1 Å². The Balaban J connectivity index is 6.15. The maximum absolute atomic E-state index is 12.1. The van der Waals surface area contributed by atoms with E-state index in [1.807, 2.05) is 0 Å². The van der Waals surface area contributed by atoms with Gasteiger partial charge in [-0.2, -0.15) is 0 Å². The van der Waals surface area contributed by atoms with E-state index in [2.05, 4.69) is 0 Å². The summed E-state index contributed by atoms with van der Waals surface area (Å²) >= 11 is 0. The monoisotopic (exact) mass is 692 g/mol. The number of hydrogen-bond donors (Lipinski definition) is 9. The molecule has 18 heteroatoms. The van der Waals surface area contributed by atoms with Gasteiger partial charge in [0.25, 0.3) is 0 Å². The molecule has 18 nitrogen and oxygen atoms in total. The van der Waals surface area contributed by atoms with Crippen molar-refractivity contribution in [3.05, 3.63) is 0 Å². The molecule has 0 radical (unpaired) electrons. The number of carboxylic acid groups (broad SMARTS) is 9. The highest BCUT2D eigenvalue weighted by Crippen LogP contribution is 2.34. The zero-order chi connectivity index (χ0) is 37.5. The lowest BCUT2D eigenvalue weighted by Gasteiger charge is -2.26. The Bertz CT molecular complexity index is 1110. The fourth-order valence-electron chi connectivity index (χ4n) is 5.72. The molecular weight excluding hydrogens is 648 g/mol. The topological polar surface area (TPSA) is 336 Å². The molecule has 0 fully saturated rings. The van der Waals surface area contributed by atoms with Crippen LogP contribution in [0.1, 0.15) is 78.1 Å². The SMILES string of the molecule is CCC(CC(CC(CC(CC(CC(CC(CC(CC(CC)C(=O)O)C(=O)O)C(=O)O)C(=O)O)C(=O)O)C(=O)O)C(=O)O)C(=O)O)C(=O)O. The first-order valence-electron chi connectivity index (χ1n) is 15.2. The van der Waals surface area contributed by atoms with E-state index in [9.17, 15) is 89.1 Å². The molecule has 0 saturated heterocycles. The van der Waals surface area contributed by atoms with Gasteiger partial charge in [0.1, 0.15) is 0 Å². The Hall–Kier alpha value is -4.77. The second kappa shape index (κ2) is 20.5. The van der Waals surface area contributed by atoms with Gasteiger partial charge in [0.15, 0.2) is 0 Å². The molecule has 0 amide bonds. The Morgan fingerprint density at radius 1 is 0.271 bits per heavy atom. The normalized spacial score (nSPS) is 16.9. The third-order valence-electron chi connectivity index (χ3n) is 8.68. The maximum atomic E-state index is 12.1. The summed E-state index contributed by atoms with van der Waals surface area (Å²) in [6.07, 6.45) is -5.47. The molecule has 0 heterocycles. The van der Waals surface area contributed by atoms with Crippen molar-refractivity contribution in [1.82, 2.24) is 0 Å². The van der Waals surface area contributed by atoms with Crippen molar-refractivity contribution < 1.29 is 89.1 Å². The largest absolute Gasteiger partial charge is 0.481 e. The zero-order valence-corrected chi connectivity index (χ0v) is 26.5. The first-order chi connectivity index (χ1) is 22.2. The van der Waals surface area contributed by atoms with Crippen LogP contribution < -0.4 is 0 Å². The summed E-state index contributed by atoms with van der Waals surface area (Å²) in [4.78, 5) is 107. The number of carboxylic acids is 9. The standard InChI is InChI=1S/C30H44O18/c1-3-13(22(31)32)5-15(24(35)36)7-17(26(39)40)9-19(28(43)44)11-21(30(47)48)12-20(29(45)46)10-18(27(41)42)8-16(25(37)38)6-14(4-2)23(33)34/h13-21H,3-12H2,1-2H3,(H,31,32)(H,33,34)(H,35,36)(H,37,38)(H,39,40)(H,41,42)(H,43,44)(H,45,46)(H,47,48). The lowest BCUT2D eigenvalue weighted by Crippen LogP contribution is -2.33. The van der Waals surface area contributed by atoms with E-state index < -0.39 is 158 Å². The van der Waals surface area contributed by atoms with Crippen LogP contribution in [0.5, 0.6) is 0 Å². The van der Waals surface area contributed by atoms with Crippen molar-refractivity contribution in [2.24, 2.45) is 53.3 Å². The van der Waals surface area contributed by atoms with Gasteiger partial charge in [-0.3, -0.25) is 43.2 Å². The Kier molecular flexibility index (Phi) is 18.4. The van der Waals surface area contributed by atoms with E-state index in [0.717, 1.165) is 0 Å². The molecule has 0 aliphatic rings. The molecule has 0 aromatic carbocycles. The van der Waals surface area contributed by atoms with Crippen molar-refractivity contribution in [1.29, 1.82) is 0 Å². The van der Waals surface area contributed by atoms with Gasteiger partial charge in [-0.15, -0.1) is 0 Å². The molecule has 0 aliphatic carbocycles. The molecule has 0 spiro atoms. The molecule has 272 valence electrons. The van der Waals surface area contributed by atoms with E-state index >= 15 is 0 Å². The second-order valence-corrected chi connectivity index (χ2v) is 12.0. The third-order valence-corrected chi connectivity index (χ3v) is 8.68. The van der Waals surface area contributed by atoms with Gasteiger partial charge in [0.2, 0.25) is 0 Å². The highest BCUT2D eigenvalue weighted by Gasteiger charge is 2.39. The number of rotatable bonds is 27. The van der Waals surface area contributed by atoms with E-state index in [0.29, 0.717) is 0 Å². The summed E-state index contributed by atoms with van der Waals surface area (Å²) in [7, 11) is 0. The summed E-state index contributed by atoms with van der Waals surface area (Å²) < 4.78 is 0. The van der Waals surface area contributed by atoms with Crippen LogP contribution in [0.15, 0.2) is 0 Å². The predicted octanol–water partition coefficient (Wildman–Crippen LogP) is 2.23. The number of carbonyl (C=O) groups is 9. The van der Waals surface area contributed by atoms with Gasteiger partial charge in [0.05, 0.1) is 53.3 Å². The van der Waals surface area contributed by atoms with Gasteiger partial charge in [-0.05, 0) is 64.2 Å². The maximum Gasteiger partial charge on any atom is 0.306 e. The quantitative estimate of drug-likeness (QED) is 0.0595. The zero-order valence-electron chi connectivity index (χ0n) is 26.5. The Morgan fingerprint density at radius 3 is 0.458 bits per heavy atom. The number of hydrogen-bond acceptors (Lipinski definition) is 9. The first-order valence-corrected chi connectivity index (χ1v) is 15.2. The van der Waals surface area contributed by atoms with Crippen LogP contribution in [0.4, 0.5) is 0 Å². The Morgan fingerprint density at radius 2 is 0.375 bits per heavy atom. The van der Waals surface area contributed by atoms with Crippen LogP contribution in [0.2, 0.25) is 0 Å². The van der Waals surface area contributed by atoms with Crippen molar-refractivity contribution >= 4 is 53.7 Å². The molecule has 8 atom stereocenters. The van der Waals surface area contributed by atoms with Gasteiger partial charge in [0, 0.05) is 0 Å². The molecule has 48 heavy (non-hydrogen) atoms. The minimum absolute atomic E-state index is 0.0287. The summed E-state index contributed by atoms with van der Waals surface area (Å²) in [5.74, 6) is -27.9. The summed E-state index contributed by atoms with van der Waals surface area (Å²) in [6, 6.07) is 0. The average Bonchev–Trinajstić information content (AvgIpc) is 2.96. The van der Waals surface area contributed by atoms with Crippen LogP contribution >= 0.6 is 0 Å². The molecule has 0 aromatic rings. The Labute approximate surface area is 274 Å². The van der Waals surface area contributed by atoms with E-state index in [1.54, 1.807) is 0 Å². The molecular formula is C30H44O18. The van der Waals surface area contributed by atoms with Gasteiger partial charge >= 0.3 is 53.7 Å². The number of aliphatic carboxylic acids is 9. The van der Waals surface area contributed by atoms with Crippen LogP contribution in [0.25, 0.3) is 0 Å². The smallest absolute Gasteiger partial charge is 0.306 e. The highest BCUT2D eigenvalue weighted by atomic mass is 16.4. The average molecular weight is 693 g/mol. The minimum atomic E-state index is -1.78. The van der Waals surface area contributed by atoms with E-state index in [1.165, 1.54) is 13.8 Å². The molecule has 9 N–H and O–H groups in total.